The Morgan fingerprint density at radius 3 is 3.00 bits per heavy atom. The molecule has 16 heavy (non-hydrogen) atoms. The van der Waals surface area contributed by atoms with Crippen LogP contribution in [0.3, 0.4) is 0 Å². The number of nitrogens with two attached hydrogens (primary N) is 1. The highest BCUT2D eigenvalue weighted by Gasteiger charge is 2.17. The Morgan fingerprint density at radius 2 is 2.31 bits per heavy atom. The summed E-state index contributed by atoms with van der Waals surface area (Å²) < 4.78 is 10.9. The number of nitrogen functional groups attached to an aromatic ring is 1. The maximum Gasteiger partial charge on any atom is 0.234 e. The molecule has 1 saturated heterocycles. The number of hydrogen-bond donors (Lipinski definition) is 1. The van der Waals surface area contributed by atoms with Gasteiger partial charge in [0.25, 0.3) is 0 Å². The summed E-state index contributed by atoms with van der Waals surface area (Å²) in [6.45, 7) is 1.23. The lowest BCUT2D eigenvalue weighted by atomic mass is 10.2. The Kier molecular flexibility index (Phi) is 3.74. The van der Waals surface area contributed by atoms with Gasteiger partial charge in [-0.1, -0.05) is 23.2 Å². The van der Waals surface area contributed by atoms with Crippen molar-refractivity contribution in [3.63, 3.8) is 0 Å². The second-order valence-corrected chi connectivity index (χ2v) is 4.40. The zero-order chi connectivity index (χ0) is 11.5. The summed E-state index contributed by atoms with van der Waals surface area (Å²) in [6.07, 6.45) is 2.19. The first-order valence-corrected chi connectivity index (χ1v) is 5.78. The summed E-state index contributed by atoms with van der Waals surface area (Å²) in [7, 11) is 0. The van der Waals surface area contributed by atoms with Crippen LogP contribution in [-0.4, -0.2) is 24.3 Å². The lowest BCUT2D eigenvalue weighted by Gasteiger charge is -2.12. The quantitative estimate of drug-likeness (QED) is 0.910. The van der Waals surface area contributed by atoms with Gasteiger partial charge in [0.2, 0.25) is 5.88 Å². The molecule has 1 unspecified atom stereocenters. The maximum atomic E-state index is 5.92. The molecule has 88 valence electrons. The molecule has 0 radical (unpaired) electrons. The molecule has 0 bridgehead atoms. The van der Waals surface area contributed by atoms with Crippen molar-refractivity contribution >= 4 is 29.0 Å². The first kappa shape index (κ1) is 11.8. The number of halogens is 2. The lowest BCUT2D eigenvalue weighted by Crippen LogP contribution is -2.17. The second-order valence-electron chi connectivity index (χ2n) is 3.59. The molecule has 1 atom stereocenters. The number of pyridine rings is 1. The molecular weight excluding hydrogens is 251 g/mol. The van der Waals surface area contributed by atoms with Crippen LogP contribution in [0.1, 0.15) is 12.8 Å². The average molecular weight is 263 g/mol. The van der Waals surface area contributed by atoms with Gasteiger partial charge in [-0.3, -0.25) is 0 Å². The van der Waals surface area contributed by atoms with Gasteiger partial charge in [0.05, 0.1) is 11.1 Å². The van der Waals surface area contributed by atoms with Crippen LogP contribution in [0.15, 0.2) is 6.07 Å². The van der Waals surface area contributed by atoms with Gasteiger partial charge in [-0.25, -0.2) is 0 Å². The summed E-state index contributed by atoms with van der Waals surface area (Å²) in [6, 6.07) is 1.52. The standard InChI is InChI=1S/C10H12Cl2N2O2/c11-7-4-8(12)10(14-9(7)13)16-5-6-2-1-3-15-6/h4,6H,1-3,5H2,(H2,13,14). The van der Waals surface area contributed by atoms with Gasteiger partial charge in [-0.05, 0) is 18.9 Å². The second kappa shape index (κ2) is 5.08. The molecule has 0 amide bonds. The molecule has 0 spiro atoms. The van der Waals surface area contributed by atoms with Crippen LogP contribution in [0.2, 0.25) is 10.0 Å². The minimum atomic E-state index is 0.120. The van der Waals surface area contributed by atoms with E-state index in [1.807, 2.05) is 0 Å². The smallest absolute Gasteiger partial charge is 0.234 e. The Balaban J connectivity index is 2.00. The number of hydrogen-bond acceptors (Lipinski definition) is 4. The van der Waals surface area contributed by atoms with E-state index >= 15 is 0 Å². The topological polar surface area (TPSA) is 57.4 Å². The van der Waals surface area contributed by atoms with Crippen molar-refractivity contribution in [2.45, 2.75) is 18.9 Å². The average Bonchev–Trinajstić information content (AvgIpc) is 2.74. The van der Waals surface area contributed by atoms with Crippen LogP contribution >= 0.6 is 23.2 Å². The largest absolute Gasteiger partial charge is 0.474 e. The van der Waals surface area contributed by atoms with E-state index in [2.05, 4.69) is 4.98 Å². The summed E-state index contributed by atoms with van der Waals surface area (Å²) in [4.78, 5) is 3.97. The van der Waals surface area contributed by atoms with Gasteiger partial charge in [0.15, 0.2) is 0 Å². The number of anilines is 1. The summed E-state index contributed by atoms with van der Waals surface area (Å²) in [5.41, 5.74) is 5.56. The third-order valence-corrected chi connectivity index (χ3v) is 2.93. The SMILES string of the molecule is Nc1nc(OCC2CCCO2)c(Cl)cc1Cl. The van der Waals surface area contributed by atoms with Gasteiger partial charge in [-0.2, -0.15) is 4.98 Å². The predicted molar refractivity (Wildman–Crippen MR) is 63.1 cm³/mol. The van der Waals surface area contributed by atoms with E-state index < -0.39 is 0 Å². The summed E-state index contributed by atoms with van der Waals surface area (Å²) in [5.74, 6) is 0.521. The van der Waals surface area contributed by atoms with Crippen LogP contribution in [-0.2, 0) is 4.74 Å². The van der Waals surface area contributed by atoms with E-state index in [1.165, 1.54) is 6.07 Å². The fourth-order valence-corrected chi connectivity index (χ4v) is 1.93. The van der Waals surface area contributed by atoms with E-state index in [1.54, 1.807) is 0 Å². The van der Waals surface area contributed by atoms with Crippen LogP contribution in [0.4, 0.5) is 5.82 Å². The molecule has 1 aliphatic rings. The molecule has 6 heteroatoms. The van der Waals surface area contributed by atoms with Crippen LogP contribution in [0, 0.1) is 0 Å². The van der Waals surface area contributed by atoms with Crippen molar-refractivity contribution in [2.24, 2.45) is 0 Å². The van der Waals surface area contributed by atoms with Gasteiger partial charge < -0.3 is 15.2 Å². The molecule has 0 aliphatic carbocycles. The normalized spacial score (nSPS) is 20.0. The number of aromatic nitrogens is 1. The Bertz CT molecular complexity index is 381. The third kappa shape index (κ3) is 2.70. The Labute approximate surface area is 104 Å². The number of rotatable bonds is 3. The van der Waals surface area contributed by atoms with Crippen molar-refractivity contribution in [1.29, 1.82) is 0 Å². The maximum absolute atomic E-state index is 5.92. The Morgan fingerprint density at radius 1 is 1.50 bits per heavy atom. The van der Waals surface area contributed by atoms with Crippen molar-refractivity contribution < 1.29 is 9.47 Å². The van der Waals surface area contributed by atoms with Crippen molar-refractivity contribution in [3.8, 4) is 5.88 Å². The van der Waals surface area contributed by atoms with E-state index in [0.717, 1.165) is 19.4 Å². The van der Waals surface area contributed by atoms with Crippen LogP contribution in [0.5, 0.6) is 5.88 Å². The van der Waals surface area contributed by atoms with Crippen LogP contribution < -0.4 is 10.5 Å². The van der Waals surface area contributed by atoms with E-state index in [9.17, 15) is 0 Å². The first-order chi connectivity index (χ1) is 7.66. The molecule has 1 aromatic heterocycles. The van der Waals surface area contributed by atoms with E-state index in [4.69, 9.17) is 38.4 Å². The monoisotopic (exact) mass is 262 g/mol. The molecule has 1 fully saturated rings. The van der Waals surface area contributed by atoms with Crippen molar-refractivity contribution in [3.05, 3.63) is 16.1 Å². The summed E-state index contributed by atoms with van der Waals surface area (Å²) in [5, 5.41) is 0.687. The molecule has 2 rings (SSSR count). The lowest BCUT2D eigenvalue weighted by molar-refractivity contribution is 0.0664. The first-order valence-electron chi connectivity index (χ1n) is 5.02. The third-order valence-electron chi connectivity index (χ3n) is 2.35. The molecule has 1 aromatic rings. The highest BCUT2D eigenvalue weighted by Crippen LogP contribution is 2.29. The fraction of sp³-hybridized carbons (Fsp3) is 0.500. The van der Waals surface area contributed by atoms with E-state index in [0.29, 0.717) is 22.5 Å². The molecule has 2 N–H and O–H groups in total. The highest BCUT2D eigenvalue weighted by molar-refractivity contribution is 6.36. The predicted octanol–water partition coefficient (Wildman–Crippen LogP) is 2.53. The molecule has 0 aromatic carbocycles. The minimum absolute atomic E-state index is 0.120. The van der Waals surface area contributed by atoms with Gasteiger partial charge in [0.1, 0.15) is 17.4 Å². The molecular formula is C10H12Cl2N2O2. The van der Waals surface area contributed by atoms with Gasteiger partial charge >= 0.3 is 0 Å². The van der Waals surface area contributed by atoms with Gasteiger partial charge in [-0.15, -0.1) is 0 Å². The van der Waals surface area contributed by atoms with Crippen molar-refractivity contribution in [2.75, 3.05) is 18.9 Å². The Hall–Kier alpha value is -0.710. The molecule has 4 nitrogen and oxygen atoms in total. The molecule has 0 saturated carbocycles. The highest BCUT2D eigenvalue weighted by atomic mass is 35.5. The fourth-order valence-electron chi connectivity index (χ4n) is 1.51. The number of nitrogens with zero attached hydrogens (tertiary/aromatic N) is 1. The van der Waals surface area contributed by atoms with Crippen molar-refractivity contribution in [1.82, 2.24) is 4.98 Å². The number of ether oxygens (including phenoxy) is 2. The zero-order valence-corrected chi connectivity index (χ0v) is 10.1. The minimum Gasteiger partial charge on any atom is -0.474 e. The van der Waals surface area contributed by atoms with Gasteiger partial charge in [0, 0.05) is 6.61 Å². The molecule has 2 heterocycles. The van der Waals surface area contributed by atoms with E-state index in [-0.39, 0.29) is 11.9 Å². The molecule has 1 aliphatic heterocycles. The summed E-state index contributed by atoms with van der Waals surface area (Å²) >= 11 is 11.7. The van der Waals surface area contributed by atoms with Crippen LogP contribution in [0.25, 0.3) is 0 Å². The zero-order valence-electron chi connectivity index (χ0n) is 8.58.